The monoisotopic (exact) mass is 433 g/mol. The lowest BCUT2D eigenvalue weighted by Gasteiger charge is -2.12. The summed E-state index contributed by atoms with van der Waals surface area (Å²) in [5.41, 5.74) is 1.90. The van der Waals surface area contributed by atoms with Crippen LogP contribution in [-0.2, 0) is 16.1 Å². The van der Waals surface area contributed by atoms with Crippen LogP contribution >= 0.6 is 0 Å². The van der Waals surface area contributed by atoms with E-state index in [1.54, 1.807) is 73.8 Å². The number of rotatable bonds is 7. The first-order valence-electron chi connectivity index (χ1n) is 9.78. The topological polar surface area (TPSA) is 66.3 Å². The van der Waals surface area contributed by atoms with Gasteiger partial charge in [-0.25, -0.2) is 14.2 Å². The molecule has 0 fully saturated rings. The molecule has 0 unspecified atom stereocenters. The number of cyclic esters (lactones) is 1. The van der Waals surface area contributed by atoms with Gasteiger partial charge in [0.25, 0.3) is 0 Å². The predicted molar refractivity (Wildman–Crippen MR) is 117 cm³/mol. The molecule has 3 aromatic rings. The first kappa shape index (κ1) is 21.1. The van der Waals surface area contributed by atoms with E-state index in [1.807, 2.05) is 0 Å². The number of hydrogen-bond donors (Lipinski definition) is 0. The predicted octanol–water partition coefficient (Wildman–Crippen LogP) is 4.77. The summed E-state index contributed by atoms with van der Waals surface area (Å²) in [7, 11) is 3.06. The summed E-state index contributed by atoms with van der Waals surface area (Å²) in [5.74, 6) is 0.844. The van der Waals surface area contributed by atoms with Gasteiger partial charge in [-0.2, -0.15) is 0 Å². The highest BCUT2D eigenvalue weighted by Crippen LogP contribution is 2.31. The summed E-state index contributed by atoms with van der Waals surface area (Å²) < 4.78 is 35.4. The van der Waals surface area contributed by atoms with E-state index in [0.717, 1.165) is 0 Å². The maximum absolute atomic E-state index is 13.8. The zero-order valence-corrected chi connectivity index (χ0v) is 17.5. The minimum atomic E-state index is -0.554. The van der Waals surface area contributed by atoms with Gasteiger partial charge in [0, 0.05) is 11.1 Å². The maximum atomic E-state index is 13.8. The van der Waals surface area contributed by atoms with Crippen molar-refractivity contribution in [3.8, 4) is 17.2 Å². The Labute approximate surface area is 184 Å². The highest BCUT2D eigenvalue weighted by Gasteiger charge is 2.24. The number of nitrogens with zero attached hydrogens (tertiary/aromatic N) is 1. The summed E-state index contributed by atoms with van der Waals surface area (Å²) in [6, 6.07) is 18.6. The van der Waals surface area contributed by atoms with Crippen LogP contribution < -0.4 is 14.2 Å². The Bertz CT molecular complexity index is 1220. The van der Waals surface area contributed by atoms with Gasteiger partial charge in [-0.3, -0.25) is 0 Å². The van der Waals surface area contributed by atoms with Crippen molar-refractivity contribution in [2.24, 2.45) is 4.99 Å². The Morgan fingerprint density at radius 1 is 0.969 bits per heavy atom. The van der Waals surface area contributed by atoms with E-state index in [2.05, 4.69) is 4.99 Å². The maximum Gasteiger partial charge on any atom is 0.363 e. The molecule has 0 bridgehead atoms. The van der Waals surface area contributed by atoms with Crippen LogP contribution in [0.15, 0.2) is 77.4 Å². The van der Waals surface area contributed by atoms with Crippen molar-refractivity contribution in [2.45, 2.75) is 6.61 Å². The molecule has 0 amide bonds. The molecular formula is C25H20FNO5. The first-order chi connectivity index (χ1) is 15.6. The number of halogens is 1. The Morgan fingerprint density at radius 3 is 2.59 bits per heavy atom. The van der Waals surface area contributed by atoms with Crippen LogP contribution in [0.5, 0.6) is 17.2 Å². The molecule has 4 rings (SSSR count). The van der Waals surface area contributed by atoms with Crippen molar-refractivity contribution in [3.05, 3.63) is 94.9 Å². The zero-order chi connectivity index (χ0) is 22.5. The Morgan fingerprint density at radius 2 is 1.81 bits per heavy atom. The van der Waals surface area contributed by atoms with Crippen LogP contribution in [-0.4, -0.2) is 26.1 Å². The van der Waals surface area contributed by atoms with E-state index in [1.165, 1.54) is 13.2 Å². The van der Waals surface area contributed by atoms with Crippen molar-refractivity contribution < 1.29 is 28.1 Å². The summed E-state index contributed by atoms with van der Waals surface area (Å²) in [6.07, 6.45) is 1.60. The molecule has 3 aromatic carbocycles. The van der Waals surface area contributed by atoms with Gasteiger partial charge in [0.2, 0.25) is 5.90 Å². The summed E-state index contributed by atoms with van der Waals surface area (Å²) in [6.45, 7) is 0.0595. The first-order valence-corrected chi connectivity index (χ1v) is 9.78. The van der Waals surface area contributed by atoms with Crippen molar-refractivity contribution in [2.75, 3.05) is 14.2 Å². The Kier molecular flexibility index (Phi) is 6.17. The third kappa shape index (κ3) is 4.62. The molecule has 0 aliphatic carbocycles. The highest BCUT2D eigenvalue weighted by atomic mass is 19.1. The van der Waals surface area contributed by atoms with Crippen molar-refractivity contribution in [1.29, 1.82) is 0 Å². The third-order valence-electron chi connectivity index (χ3n) is 4.77. The van der Waals surface area contributed by atoms with E-state index in [0.29, 0.717) is 33.9 Å². The molecule has 0 saturated heterocycles. The van der Waals surface area contributed by atoms with Crippen LogP contribution in [0.1, 0.15) is 16.7 Å². The minimum Gasteiger partial charge on any atom is -0.497 e. The van der Waals surface area contributed by atoms with E-state index in [9.17, 15) is 9.18 Å². The molecule has 162 valence electrons. The van der Waals surface area contributed by atoms with Crippen molar-refractivity contribution in [1.82, 2.24) is 0 Å². The molecule has 0 atom stereocenters. The van der Waals surface area contributed by atoms with Gasteiger partial charge in [0.1, 0.15) is 18.2 Å². The minimum absolute atomic E-state index is 0.0595. The number of benzene rings is 3. The molecule has 7 heteroatoms. The molecule has 0 N–H and O–H groups in total. The average Bonchev–Trinajstić information content (AvgIpc) is 3.19. The quantitative estimate of drug-likeness (QED) is 0.397. The van der Waals surface area contributed by atoms with E-state index in [-0.39, 0.29) is 24.0 Å². The fourth-order valence-electron chi connectivity index (χ4n) is 3.11. The Hall–Kier alpha value is -4.13. The van der Waals surface area contributed by atoms with Crippen LogP contribution in [0.25, 0.3) is 6.08 Å². The van der Waals surface area contributed by atoms with Gasteiger partial charge in [-0.05, 0) is 48.0 Å². The van der Waals surface area contributed by atoms with Gasteiger partial charge in [-0.1, -0.05) is 30.3 Å². The standard InChI is InChI=1S/C25H20FNO5/c1-29-19-8-5-7-17(14-19)24-27-21(25(28)32-24)12-16-10-11-22(23(13-16)30-2)31-15-18-6-3-4-9-20(18)26/h3-14H,15H2,1-2H3/b21-12+. The molecule has 6 nitrogen and oxygen atoms in total. The number of ether oxygens (including phenoxy) is 4. The van der Waals surface area contributed by atoms with Crippen molar-refractivity contribution >= 4 is 17.9 Å². The number of esters is 1. The molecule has 0 saturated carbocycles. The van der Waals surface area contributed by atoms with E-state index in [4.69, 9.17) is 18.9 Å². The number of carbonyl (C=O) groups excluding carboxylic acids is 1. The van der Waals surface area contributed by atoms with E-state index >= 15 is 0 Å². The fraction of sp³-hybridized carbons (Fsp3) is 0.120. The smallest absolute Gasteiger partial charge is 0.363 e. The molecule has 1 aliphatic heterocycles. The molecule has 0 spiro atoms. The van der Waals surface area contributed by atoms with Crippen LogP contribution in [0.3, 0.4) is 0 Å². The van der Waals surface area contributed by atoms with Crippen LogP contribution in [0.2, 0.25) is 0 Å². The SMILES string of the molecule is COc1cccc(C2=N/C(=C/c3ccc(OCc4ccccc4F)c(OC)c3)C(=O)O2)c1. The number of aliphatic imine (C=N–C) groups is 1. The van der Waals surface area contributed by atoms with Crippen molar-refractivity contribution in [3.63, 3.8) is 0 Å². The molecule has 1 aliphatic rings. The molecule has 0 aromatic heterocycles. The lowest BCUT2D eigenvalue weighted by atomic mass is 10.1. The normalized spacial score (nSPS) is 14.2. The molecule has 32 heavy (non-hydrogen) atoms. The second-order valence-electron chi connectivity index (χ2n) is 6.86. The second-order valence-corrected chi connectivity index (χ2v) is 6.86. The van der Waals surface area contributed by atoms with Gasteiger partial charge >= 0.3 is 5.97 Å². The van der Waals surface area contributed by atoms with Gasteiger partial charge < -0.3 is 18.9 Å². The Balaban J connectivity index is 1.55. The lowest BCUT2D eigenvalue weighted by molar-refractivity contribution is -0.129. The zero-order valence-electron chi connectivity index (χ0n) is 17.5. The van der Waals surface area contributed by atoms with Crippen LogP contribution in [0.4, 0.5) is 4.39 Å². The van der Waals surface area contributed by atoms with Gasteiger partial charge in [-0.15, -0.1) is 0 Å². The molecular weight excluding hydrogens is 413 g/mol. The largest absolute Gasteiger partial charge is 0.497 e. The molecule has 1 heterocycles. The average molecular weight is 433 g/mol. The number of carbonyl (C=O) groups is 1. The van der Waals surface area contributed by atoms with E-state index < -0.39 is 5.97 Å². The second kappa shape index (κ2) is 9.34. The fourth-order valence-corrected chi connectivity index (χ4v) is 3.11. The number of hydrogen-bond acceptors (Lipinski definition) is 6. The highest BCUT2D eigenvalue weighted by molar-refractivity contribution is 6.13. The van der Waals surface area contributed by atoms with Gasteiger partial charge in [0.05, 0.1) is 14.2 Å². The number of methoxy groups -OCH3 is 2. The summed E-state index contributed by atoms with van der Waals surface area (Å²) in [5, 5.41) is 0. The molecule has 0 radical (unpaired) electrons. The van der Waals surface area contributed by atoms with Gasteiger partial charge in [0.15, 0.2) is 17.2 Å². The van der Waals surface area contributed by atoms with Crippen LogP contribution in [0, 0.1) is 5.82 Å². The summed E-state index contributed by atoms with van der Waals surface area (Å²) >= 11 is 0. The summed E-state index contributed by atoms with van der Waals surface area (Å²) in [4.78, 5) is 16.6. The third-order valence-corrected chi connectivity index (χ3v) is 4.77. The lowest BCUT2D eigenvalue weighted by Crippen LogP contribution is -2.05.